The Morgan fingerprint density at radius 3 is 2.42 bits per heavy atom. The van der Waals surface area contributed by atoms with E-state index in [9.17, 15) is 4.79 Å². The summed E-state index contributed by atoms with van der Waals surface area (Å²) in [4.78, 5) is 17.1. The van der Waals surface area contributed by atoms with Gasteiger partial charge >= 0.3 is 0 Å². The maximum absolute atomic E-state index is 13.7. The van der Waals surface area contributed by atoms with E-state index in [1.165, 1.54) is 0 Å². The second-order valence-corrected chi connectivity index (χ2v) is 8.77. The summed E-state index contributed by atoms with van der Waals surface area (Å²) >= 11 is 6.09. The number of nitrogens with one attached hydrogen (secondary N) is 1. The summed E-state index contributed by atoms with van der Waals surface area (Å²) in [5.74, 6) is 0.956. The van der Waals surface area contributed by atoms with Crippen LogP contribution in [0, 0.1) is 0 Å². The fourth-order valence-corrected chi connectivity index (χ4v) is 4.84. The summed E-state index contributed by atoms with van der Waals surface area (Å²) in [7, 11) is 0. The van der Waals surface area contributed by atoms with E-state index in [1.54, 1.807) is 0 Å². The molecule has 156 valence electrons. The van der Waals surface area contributed by atoms with Crippen LogP contribution in [-0.4, -0.2) is 10.8 Å². The molecule has 1 aliphatic rings. The Hall–Kier alpha value is -3.04. The summed E-state index contributed by atoms with van der Waals surface area (Å²) in [6.45, 7) is 0.516. The Morgan fingerprint density at radius 2 is 1.68 bits per heavy atom. The minimum absolute atomic E-state index is 0.162. The second-order valence-electron chi connectivity index (χ2n) is 8.33. The zero-order valence-corrected chi connectivity index (χ0v) is 18.0. The molecule has 1 fully saturated rings. The molecule has 0 aliphatic heterocycles. The van der Waals surface area contributed by atoms with E-state index in [0.717, 1.165) is 53.5 Å². The van der Waals surface area contributed by atoms with Crippen LogP contribution in [0.3, 0.4) is 0 Å². The number of H-pyrrole nitrogens is 1. The zero-order valence-electron chi connectivity index (χ0n) is 17.2. The van der Waals surface area contributed by atoms with Crippen LogP contribution in [0.1, 0.15) is 47.3 Å². The Kier molecular flexibility index (Phi) is 5.29. The van der Waals surface area contributed by atoms with Gasteiger partial charge in [0.1, 0.15) is 12.4 Å². The number of ether oxygens (including phenoxy) is 1. The Labute approximate surface area is 187 Å². The number of hydrogen-bond donors (Lipinski definition) is 1. The lowest BCUT2D eigenvalue weighted by atomic mass is 9.74. The molecule has 1 N–H and O–H groups in total. The highest BCUT2D eigenvalue weighted by Crippen LogP contribution is 2.44. The maximum Gasteiger partial charge on any atom is 0.189 e. The normalized spacial score (nSPS) is 15.3. The molecule has 1 aromatic heterocycles. The lowest BCUT2D eigenvalue weighted by Crippen LogP contribution is -2.33. The lowest BCUT2D eigenvalue weighted by molar-refractivity contribution is 0.0881. The average Bonchev–Trinajstić information content (AvgIpc) is 3.46. The molecule has 0 unspecified atom stereocenters. The number of rotatable bonds is 6. The number of ketones is 1. The molecule has 3 aromatic carbocycles. The zero-order chi connectivity index (χ0) is 21.3. The molecule has 0 bridgehead atoms. The van der Waals surface area contributed by atoms with Crippen molar-refractivity contribution in [3.05, 3.63) is 101 Å². The summed E-state index contributed by atoms with van der Waals surface area (Å²) in [6, 6.07) is 25.7. The van der Waals surface area contributed by atoms with Crippen LogP contribution in [-0.2, 0) is 12.0 Å². The van der Waals surface area contributed by atoms with Crippen LogP contribution in [0.5, 0.6) is 5.75 Å². The fourth-order valence-electron chi connectivity index (χ4n) is 4.72. The predicted molar refractivity (Wildman–Crippen MR) is 125 cm³/mol. The van der Waals surface area contributed by atoms with Gasteiger partial charge in [0.25, 0.3) is 0 Å². The SMILES string of the molecule is O=C(c1cc2cc(OCc3ccccc3)ccc2[nH]1)C1(c2ccc(Cl)cc2)CCCC1. The van der Waals surface area contributed by atoms with E-state index >= 15 is 0 Å². The number of fused-ring (bicyclic) bond motifs is 1. The molecule has 0 saturated heterocycles. The van der Waals surface area contributed by atoms with E-state index < -0.39 is 5.41 Å². The van der Waals surface area contributed by atoms with Gasteiger partial charge in [-0.05, 0) is 60.4 Å². The van der Waals surface area contributed by atoms with Gasteiger partial charge in [0.15, 0.2) is 5.78 Å². The van der Waals surface area contributed by atoms with Crippen LogP contribution in [0.4, 0.5) is 0 Å². The second kappa shape index (κ2) is 8.24. The van der Waals surface area contributed by atoms with Crippen LogP contribution in [0.15, 0.2) is 78.9 Å². The van der Waals surface area contributed by atoms with Gasteiger partial charge in [-0.1, -0.05) is 66.9 Å². The molecule has 1 heterocycles. The average molecular weight is 430 g/mol. The number of hydrogen-bond acceptors (Lipinski definition) is 2. The molecule has 0 atom stereocenters. The highest BCUT2D eigenvalue weighted by Gasteiger charge is 2.43. The van der Waals surface area contributed by atoms with Crippen LogP contribution in [0.25, 0.3) is 10.9 Å². The Morgan fingerprint density at radius 1 is 0.935 bits per heavy atom. The topological polar surface area (TPSA) is 42.1 Å². The summed E-state index contributed by atoms with van der Waals surface area (Å²) in [5.41, 5.74) is 3.31. The van der Waals surface area contributed by atoms with Gasteiger partial charge in [-0.2, -0.15) is 0 Å². The molecule has 3 nitrogen and oxygen atoms in total. The third-order valence-corrected chi connectivity index (χ3v) is 6.63. The largest absolute Gasteiger partial charge is 0.489 e. The molecule has 1 aliphatic carbocycles. The summed E-state index contributed by atoms with van der Waals surface area (Å²) in [5, 5.41) is 1.68. The van der Waals surface area contributed by atoms with Crippen molar-refractivity contribution in [1.82, 2.24) is 4.98 Å². The van der Waals surface area contributed by atoms with Crippen LogP contribution in [0.2, 0.25) is 5.02 Å². The summed E-state index contributed by atoms with van der Waals surface area (Å²) in [6.07, 6.45) is 3.86. The van der Waals surface area contributed by atoms with E-state index in [4.69, 9.17) is 16.3 Å². The van der Waals surface area contributed by atoms with Crippen molar-refractivity contribution in [2.24, 2.45) is 0 Å². The number of carbonyl (C=O) groups excluding carboxylic acids is 1. The van der Waals surface area contributed by atoms with Crippen molar-refractivity contribution in [1.29, 1.82) is 0 Å². The van der Waals surface area contributed by atoms with Gasteiger partial charge < -0.3 is 9.72 Å². The molecule has 1 saturated carbocycles. The molecular formula is C27H24ClNO2. The van der Waals surface area contributed by atoms with Crippen molar-refractivity contribution in [2.45, 2.75) is 37.7 Å². The van der Waals surface area contributed by atoms with Crippen LogP contribution < -0.4 is 4.74 Å². The van der Waals surface area contributed by atoms with Crippen molar-refractivity contribution >= 4 is 28.3 Å². The molecule has 31 heavy (non-hydrogen) atoms. The van der Waals surface area contributed by atoms with Crippen LogP contribution >= 0.6 is 11.6 Å². The number of carbonyl (C=O) groups is 1. The minimum Gasteiger partial charge on any atom is -0.489 e. The molecule has 0 spiro atoms. The number of halogens is 1. The standard InChI is InChI=1S/C27H24ClNO2/c28-22-10-8-21(9-11-22)27(14-4-5-15-27)26(30)25-17-20-16-23(12-13-24(20)29-25)31-18-19-6-2-1-3-7-19/h1-3,6-13,16-17,29H,4-5,14-15,18H2. The van der Waals surface area contributed by atoms with E-state index in [1.807, 2.05) is 78.9 Å². The first kappa shape index (κ1) is 19.9. The van der Waals surface area contributed by atoms with Gasteiger partial charge in [-0.3, -0.25) is 4.79 Å². The third-order valence-electron chi connectivity index (χ3n) is 6.37. The molecule has 0 amide bonds. The molecule has 4 aromatic rings. The van der Waals surface area contributed by atoms with Gasteiger partial charge in [-0.15, -0.1) is 0 Å². The van der Waals surface area contributed by atoms with Gasteiger partial charge in [0.2, 0.25) is 0 Å². The quantitative estimate of drug-likeness (QED) is 0.332. The van der Waals surface area contributed by atoms with Crippen molar-refractivity contribution in [3.63, 3.8) is 0 Å². The number of benzene rings is 3. The molecule has 4 heteroatoms. The smallest absolute Gasteiger partial charge is 0.189 e. The molecular weight excluding hydrogens is 406 g/mol. The highest BCUT2D eigenvalue weighted by atomic mass is 35.5. The summed E-state index contributed by atoms with van der Waals surface area (Å²) < 4.78 is 5.96. The first-order valence-corrected chi connectivity index (χ1v) is 11.1. The molecule has 0 radical (unpaired) electrons. The third kappa shape index (κ3) is 3.86. The number of Topliss-reactive ketones (excluding diaryl/α,β-unsaturated/α-hetero) is 1. The minimum atomic E-state index is -0.474. The fraction of sp³-hybridized carbons (Fsp3) is 0.222. The van der Waals surface area contributed by atoms with Gasteiger partial charge in [0, 0.05) is 15.9 Å². The number of aromatic amines is 1. The van der Waals surface area contributed by atoms with Crippen molar-refractivity contribution < 1.29 is 9.53 Å². The van der Waals surface area contributed by atoms with Gasteiger partial charge in [-0.25, -0.2) is 0 Å². The van der Waals surface area contributed by atoms with Crippen molar-refractivity contribution in [3.8, 4) is 5.75 Å². The molecule has 5 rings (SSSR count). The van der Waals surface area contributed by atoms with E-state index in [-0.39, 0.29) is 5.78 Å². The van der Waals surface area contributed by atoms with E-state index in [0.29, 0.717) is 17.3 Å². The predicted octanol–water partition coefficient (Wildman–Crippen LogP) is 7.10. The van der Waals surface area contributed by atoms with Crippen molar-refractivity contribution in [2.75, 3.05) is 0 Å². The first-order valence-electron chi connectivity index (χ1n) is 10.7. The Bertz CT molecular complexity index is 1210. The Balaban J connectivity index is 1.42. The monoisotopic (exact) mass is 429 g/mol. The first-order chi connectivity index (χ1) is 15.1. The number of aromatic nitrogens is 1. The van der Waals surface area contributed by atoms with E-state index in [2.05, 4.69) is 4.98 Å². The highest BCUT2D eigenvalue weighted by molar-refractivity contribution is 6.30. The van der Waals surface area contributed by atoms with Gasteiger partial charge in [0.05, 0.1) is 11.1 Å². The maximum atomic E-state index is 13.7. The lowest BCUT2D eigenvalue weighted by Gasteiger charge is -2.27.